The van der Waals surface area contributed by atoms with E-state index in [4.69, 9.17) is 4.74 Å². The van der Waals surface area contributed by atoms with Gasteiger partial charge in [-0.05, 0) is 12.5 Å². The highest BCUT2D eigenvalue weighted by Crippen LogP contribution is 2.27. The molecular formula is C12H12BrNO3. The van der Waals surface area contributed by atoms with Gasteiger partial charge >= 0.3 is 6.09 Å². The fourth-order valence-corrected chi connectivity index (χ4v) is 2.00. The molecule has 17 heavy (non-hydrogen) atoms. The average Bonchev–Trinajstić information content (AvgIpc) is 2.55. The first kappa shape index (κ1) is 12.1. The molecule has 1 unspecified atom stereocenters. The van der Waals surface area contributed by atoms with Gasteiger partial charge in [-0.2, -0.15) is 0 Å². The van der Waals surface area contributed by atoms with Crippen LogP contribution in [0.25, 0.3) is 0 Å². The van der Waals surface area contributed by atoms with Crippen molar-refractivity contribution in [2.75, 3.05) is 5.33 Å². The second kappa shape index (κ2) is 4.49. The number of imide groups is 1. The third kappa shape index (κ3) is 2.20. The molecule has 4 nitrogen and oxygen atoms in total. The number of alkyl halides is 1. The molecule has 0 radical (unpaired) electrons. The number of carbonyl (C=O) groups is 2. The molecule has 1 aromatic rings. The zero-order valence-electron chi connectivity index (χ0n) is 9.35. The molecule has 0 spiro atoms. The number of ether oxygens (including phenoxy) is 1. The first-order valence-corrected chi connectivity index (χ1v) is 6.34. The van der Waals surface area contributed by atoms with E-state index in [2.05, 4.69) is 15.9 Å². The predicted octanol–water partition coefficient (Wildman–Crippen LogP) is 2.32. The Balaban J connectivity index is 2.18. The Morgan fingerprint density at radius 2 is 1.94 bits per heavy atom. The van der Waals surface area contributed by atoms with Crippen molar-refractivity contribution in [3.8, 4) is 0 Å². The fourth-order valence-electron chi connectivity index (χ4n) is 1.65. The summed E-state index contributed by atoms with van der Waals surface area (Å²) in [5.41, 5.74) is -0.178. The molecule has 1 aromatic carbocycles. The van der Waals surface area contributed by atoms with Gasteiger partial charge in [0.1, 0.15) is 0 Å². The van der Waals surface area contributed by atoms with Crippen molar-refractivity contribution in [1.29, 1.82) is 0 Å². The second-order valence-corrected chi connectivity index (χ2v) is 4.67. The summed E-state index contributed by atoms with van der Waals surface area (Å²) >= 11 is 3.19. The number of benzene rings is 1. The van der Waals surface area contributed by atoms with Crippen molar-refractivity contribution in [1.82, 2.24) is 4.90 Å². The molecule has 90 valence electrons. The number of halogens is 1. The van der Waals surface area contributed by atoms with Gasteiger partial charge in [0.05, 0.1) is 11.9 Å². The molecule has 1 aliphatic rings. The van der Waals surface area contributed by atoms with Crippen LogP contribution < -0.4 is 0 Å². The van der Waals surface area contributed by atoms with Crippen LogP contribution in [-0.2, 0) is 16.1 Å². The summed E-state index contributed by atoms with van der Waals surface area (Å²) in [7, 11) is 0. The van der Waals surface area contributed by atoms with E-state index in [0.29, 0.717) is 5.33 Å². The standard InChI is InChI=1S/C12H12BrNO3/c1-12(8-13)10(15)14(11(16)17-12)7-9-5-3-2-4-6-9/h2-6H,7-8H2,1H3. The van der Waals surface area contributed by atoms with Crippen LogP contribution in [0.4, 0.5) is 4.79 Å². The quantitative estimate of drug-likeness (QED) is 0.805. The third-order valence-electron chi connectivity index (χ3n) is 2.67. The molecule has 0 N–H and O–H groups in total. The number of hydrogen-bond donors (Lipinski definition) is 0. The average molecular weight is 298 g/mol. The lowest BCUT2D eigenvalue weighted by Crippen LogP contribution is -2.39. The Hall–Kier alpha value is -1.36. The molecular weight excluding hydrogens is 286 g/mol. The lowest BCUT2D eigenvalue weighted by atomic mass is 10.1. The van der Waals surface area contributed by atoms with Gasteiger partial charge in [0.25, 0.3) is 5.91 Å². The molecule has 2 amide bonds. The first-order chi connectivity index (χ1) is 8.07. The fraction of sp³-hybridized carbons (Fsp3) is 0.333. The first-order valence-electron chi connectivity index (χ1n) is 5.21. The number of nitrogens with zero attached hydrogens (tertiary/aromatic N) is 1. The Kier molecular flexibility index (Phi) is 3.19. The number of cyclic esters (lactones) is 1. The van der Waals surface area contributed by atoms with Gasteiger partial charge in [-0.1, -0.05) is 46.3 Å². The third-order valence-corrected chi connectivity index (χ3v) is 3.74. The van der Waals surface area contributed by atoms with Crippen LogP contribution in [0.3, 0.4) is 0 Å². The van der Waals surface area contributed by atoms with Crippen molar-refractivity contribution in [2.24, 2.45) is 0 Å². The second-order valence-electron chi connectivity index (χ2n) is 4.11. The highest BCUT2D eigenvalue weighted by Gasteiger charge is 2.49. The van der Waals surface area contributed by atoms with E-state index in [1.54, 1.807) is 6.92 Å². The normalized spacial score (nSPS) is 24.0. The van der Waals surface area contributed by atoms with E-state index in [9.17, 15) is 9.59 Å². The zero-order chi connectivity index (χ0) is 12.5. The number of carbonyl (C=O) groups excluding carboxylic acids is 2. The van der Waals surface area contributed by atoms with Crippen molar-refractivity contribution < 1.29 is 14.3 Å². The van der Waals surface area contributed by atoms with Gasteiger partial charge < -0.3 is 4.74 Å². The van der Waals surface area contributed by atoms with Gasteiger partial charge in [0.2, 0.25) is 0 Å². The van der Waals surface area contributed by atoms with Crippen LogP contribution in [0.5, 0.6) is 0 Å². The summed E-state index contributed by atoms with van der Waals surface area (Å²) < 4.78 is 5.09. The molecule has 1 aliphatic heterocycles. The van der Waals surface area contributed by atoms with Crippen LogP contribution in [0, 0.1) is 0 Å². The molecule has 0 bridgehead atoms. The minimum absolute atomic E-state index is 0.251. The zero-order valence-corrected chi connectivity index (χ0v) is 10.9. The topological polar surface area (TPSA) is 46.6 Å². The number of amides is 2. The monoisotopic (exact) mass is 297 g/mol. The smallest absolute Gasteiger partial charge is 0.418 e. The molecule has 0 aromatic heterocycles. The van der Waals surface area contributed by atoms with Crippen LogP contribution in [0.1, 0.15) is 12.5 Å². The predicted molar refractivity (Wildman–Crippen MR) is 65.7 cm³/mol. The van der Waals surface area contributed by atoms with Crippen LogP contribution in [0.15, 0.2) is 30.3 Å². The van der Waals surface area contributed by atoms with E-state index >= 15 is 0 Å². The summed E-state index contributed by atoms with van der Waals surface area (Å²) in [5, 5.41) is 0.301. The van der Waals surface area contributed by atoms with Crippen molar-refractivity contribution in [3.63, 3.8) is 0 Å². The van der Waals surface area contributed by atoms with Gasteiger partial charge in [-0.25, -0.2) is 9.69 Å². The van der Waals surface area contributed by atoms with Crippen LogP contribution in [0.2, 0.25) is 0 Å². The Bertz CT molecular complexity index is 448. The highest BCUT2D eigenvalue weighted by atomic mass is 79.9. The molecule has 1 saturated heterocycles. The van der Waals surface area contributed by atoms with E-state index in [1.165, 1.54) is 0 Å². The minimum atomic E-state index is -1.08. The molecule has 0 aliphatic carbocycles. The Morgan fingerprint density at radius 3 is 2.47 bits per heavy atom. The Morgan fingerprint density at radius 1 is 1.29 bits per heavy atom. The van der Waals surface area contributed by atoms with E-state index in [0.717, 1.165) is 10.5 Å². The molecule has 1 heterocycles. The molecule has 2 rings (SSSR count). The molecule has 5 heteroatoms. The maximum atomic E-state index is 12.0. The van der Waals surface area contributed by atoms with Crippen molar-refractivity contribution in [2.45, 2.75) is 19.1 Å². The summed E-state index contributed by atoms with van der Waals surface area (Å²) in [6.45, 7) is 1.86. The van der Waals surface area contributed by atoms with Gasteiger partial charge in [0, 0.05) is 0 Å². The molecule has 1 fully saturated rings. The van der Waals surface area contributed by atoms with E-state index in [-0.39, 0.29) is 12.5 Å². The van der Waals surface area contributed by atoms with Crippen LogP contribution in [-0.4, -0.2) is 27.8 Å². The largest absolute Gasteiger partial charge is 0.432 e. The van der Waals surface area contributed by atoms with E-state index in [1.807, 2.05) is 30.3 Å². The van der Waals surface area contributed by atoms with Crippen molar-refractivity contribution in [3.05, 3.63) is 35.9 Å². The number of rotatable bonds is 3. The molecule has 1 atom stereocenters. The molecule has 0 saturated carbocycles. The highest BCUT2D eigenvalue weighted by molar-refractivity contribution is 9.09. The van der Waals surface area contributed by atoms with Gasteiger partial charge in [-0.3, -0.25) is 4.79 Å². The lowest BCUT2D eigenvalue weighted by molar-refractivity contribution is -0.134. The lowest BCUT2D eigenvalue weighted by Gasteiger charge is -2.16. The summed E-state index contributed by atoms with van der Waals surface area (Å²) in [6, 6.07) is 9.35. The SMILES string of the molecule is CC1(CBr)OC(=O)N(Cc2ccccc2)C1=O. The summed E-state index contributed by atoms with van der Waals surface area (Å²) in [6.07, 6.45) is -0.583. The summed E-state index contributed by atoms with van der Waals surface area (Å²) in [4.78, 5) is 24.8. The maximum absolute atomic E-state index is 12.0. The van der Waals surface area contributed by atoms with Gasteiger partial charge in [0.15, 0.2) is 5.60 Å². The maximum Gasteiger partial charge on any atom is 0.418 e. The summed E-state index contributed by atoms with van der Waals surface area (Å²) in [5.74, 6) is -0.303. The van der Waals surface area contributed by atoms with Crippen LogP contribution >= 0.6 is 15.9 Å². The van der Waals surface area contributed by atoms with Gasteiger partial charge in [-0.15, -0.1) is 0 Å². The van der Waals surface area contributed by atoms with E-state index < -0.39 is 11.7 Å². The number of hydrogen-bond acceptors (Lipinski definition) is 3. The Labute approximate surface area is 108 Å². The minimum Gasteiger partial charge on any atom is -0.432 e. The van der Waals surface area contributed by atoms with Crippen molar-refractivity contribution >= 4 is 27.9 Å².